The minimum Gasteiger partial charge on any atom is -0.493 e. The summed E-state index contributed by atoms with van der Waals surface area (Å²) < 4.78 is 10.4. The molecule has 1 fully saturated rings. The number of benzene rings is 1. The van der Waals surface area contributed by atoms with Crippen molar-refractivity contribution >= 4 is 23.9 Å². The lowest BCUT2D eigenvalue weighted by Crippen LogP contribution is -2.51. The van der Waals surface area contributed by atoms with Crippen LogP contribution in [0.2, 0.25) is 0 Å². The second kappa shape index (κ2) is 5.66. The van der Waals surface area contributed by atoms with E-state index in [1.807, 2.05) is 10.6 Å². The lowest BCUT2D eigenvalue weighted by Gasteiger charge is -2.15. The Morgan fingerprint density at radius 3 is 2.00 bits per heavy atom. The van der Waals surface area contributed by atoms with Gasteiger partial charge in [-0.2, -0.15) is 0 Å². The highest BCUT2D eigenvalue weighted by Crippen LogP contribution is 2.31. The van der Waals surface area contributed by atoms with Crippen molar-refractivity contribution in [2.75, 3.05) is 14.2 Å². The van der Waals surface area contributed by atoms with Crippen LogP contribution in [0.4, 0.5) is 4.79 Å². The van der Waals surface area contributed by atoms with E-state index in [0.29, 0.717) is 17.1 Å². The molecule has 1 aromatic carbocycles. The van der Waals surface area contributed by atoms with Gasteiger partial charge in [0.05, 0.1) is 14.2 Å². The molecular formula is C14H14N2O5. The van der Waals surface area contributed by atoms with Crippen molar-refractivity contribution in [3.63, 3.8) is 0 Å². The van der Waals surface area contributed by atoms with Gasteiger partial charge in [-0.25, -0.2) is 4.79 Å². The number of ether oxygens (including phenoxy) is 2. The number of hydrogen-bond acceptors (Lipinski definition) is 5. The summed E-state index contributed by atoms with van der Waals surface area (Å²) >= 11 is 0. The van der Waals surface area contributed by atoms with Crippen LogP contribution in [-0.4, -0.2) is 32.1 Å². The summed E-state index contributed by atoms with van der Waals surface area (Å²) in [6.45, 7) is 1.80. The Kier molecular flexibility index (Phi) is 3.93. The average Bonchev–Trinajstić information content (AvgIpc) is 2.43. The lowest BCUT2D eigenvalue weighted by molar-refractivity contribution is -0.123. The molecule has 0 aromatic heterocycles. The van der Waals surface area contributed by atoms with E-state index >= 15 is 0 Å². The van der Waals surface area contributed by atoms with E-state index in [0.717, 1.165) is 5.56 Å². The van der Waals surface area contributed by atoms with Crippen LogP contribution in [0.1, 0.15) is 11.1 Å². The first-order chi connectivity index (χ1) is 9.96. The second-order valence-electron chi connectivity index (χ2n) is 4.36. The number of nitrogens with one attached hydrogen (secondary N) is 2. The summed E-state index contributed by atoms with van der Waals surface area (Å²) in [4.78, 5) is 34.4. The molecule has 0 bridgehead atoms. The van der Waals surface area contributed by atoms with Gasteiger partial charge < -0.3 is 9.47 Å². The monoisotopic (exact) mass is 290 g/mol. The molecule has 7 nitrogen and oxygen atoms in total. The maximum absolute atomic E-state index is 11.7. The van der Waals surface area contributed by atoms with Crippen LogP contribution in [-0.2, 0) is 9.59 Å². The highest BCUT2D eigenvalue weighted by molar-refractivity contribution is 6.31. The average molecular weight is 290 g/mol. The molecule has 1 heterocycles. The van der Waals surface area contributed by atoms with E-state index in [-0.39, 0.29) is 5.57 Å². The first-order valence-corrected chi connectivity index (χ1v) is 6.07. The van der Waals surface area contributed by atoms with Crippen molar-refractivity contribution in [1.82, 2.24) is 10.6 Å². The number of urea groups is 1. The van der Waals surface area contributed by atoms with Gasteiger partial charge in [0.2, 0.25) is 0 Å². The van der Waals surface area contributed by atoms with E-state index in [9.17, 15) is 14.4 Å². The van der Waals surface area contributed by atoms with Gasteiger partial charge in [-0.15, -0.1) is 0 Å². The summed E-state index contributed by atoms with van der Waals surface area (Å²) in [5.41, 5.74) is 1.25. The Morgan fingerprint density at radius 1 is 0.952 bits per heavy atom. The summed E-state index contributed by atoms with van der Waals surface area (Å²) in [6, 6.07) is 2.55. The number of imide groups is 2. The summed E-state index contributed by atoms with van der Waals surface area (Å²) in [7, 11) is 3.01. The van der Waals surface area contributed by atoms with E-state index < -0.39 is 17.8 Å². The van der Waals surface area contributed by atoms with Gasteiger partial charge in [-0.3, -0.25) is 20.2 Å². The molecule has 1 aromatic rings. The smallest absolute Gasteiger partial charge is 0.328 e. The number of carbonyl (C=O) groups is 3. The zero-order valence-corrected chi connectivity index (χ0v) is 11.8. The third-order valence-corrected chi connectivity index (χ3v) is 3.02. The fraction of sp³-hybridized carbons (Fsp3) is 0.214. The van der Waals surface area contributed by atoms with E-state index in [2.05, 4.69) is 0 Å². The van der Waals surface area contributed by atoms with Crippen molar-refractivity contribution in [2.45, 2.75) is 6.92 Å². The molecule has 4 amide bonds. The molecule has 1 saturated heterocycles. The molecule has 1 aliphatic rings. The van der Waals surface area contributed by atoms with E-state index in [4.69, 9.17) is 9.47 Å². The number of methoxy groups -OCH3 is 2. The number of hydrogen-bond donors (Lipinski definition) is 2. The van der Waals surface area contributed by atoms with E-state index in [1.165, 1.54) is 20.3 Å². The quantitative estimate of drug-likeness (QED) is 0.633. The Morgan fingerprint density at radius 2 is 1.48 bits per heavy atom. The zero-order chi connectivity index (χ0) is 15.6. The van der Waals surface area contributed by atoms with Crippen LogP contribution in [0.3, 0.4) is 0 Å². The number of carbonyl (C=O) groups excluding carboxylic acids is 3. The van der Waals surface area contributed by atoms with Crippen LogP contribution in [0.15, 0.2) is 17.7 Å². The molecule has 110 valence electrons. The first kappa shape index (κ1) is 14.6. The third-order valence-electron chi connectivity index (χ3n) is 3.02. The topological polar surface area (TPSA) is 93.7 Å². The predicted octanol–water partition coefficient (Wildman–Crippen LogP) is 0.762. The molecule has 0 unspecified atom stereocenters. The summed E-state index contributed by atoms with van der Waals surface area (Å²) in [6.07, 6.45) is 1.40. The Bertz CT molecular complexity index is 642. The second-order valence-corrected chi connectivity index (χ2v) is 4.36. The van der Waals surface area contributed by atoms with Crippen molar-refractivity contribution in [3.8, 4) is 11.5 Å². The molecule has 0 spiro atoms. The maximum Gasteiger partial charge on any atom is 0.328 e. The first-order valence-electron chi connectivity index (χ1n) is 6.07. The van der Waals surface area contributed by atoms with Gasteiger partial charge in [-0.05, 0) is 36.3 Å². The van der Waals surface area contributed by atoms with Gasteiger partial charge >= 0.3 is 6.03 Å². The van der Waals surface area contributed by atoms with Crippen LogP contribution in [0.25, 0.3) is 6.08 Å². The van der Waals surface area contributed by atoms with Gasteiger partial charge in [0.15, 0.2) is 11.5 Å². The third kappa shape index (κ3) is 2.86. The van der Waals surface area contributed by atoms with Crippen LogP contribution in [0, 0.1) is 6.92 Å². The predicted molar refractivity (Wildman–Crippen MR) is 73.9 cm³/mol. The van der Waals surface area contributed by atoms with Crippen LogP contribution in [0.5, 0.6) is 11.5 Å². The van der Waals surface area contributed by atoms with Gasteiger partial charge in [0.1, 0.15) is 5.57 Å². The molecule has 2 N–H and O–H groups in total. The molecule has 0 atom stereocenters. The lowest BCUT2D eigenvalue weighted by atomic mass is 10.0. The van der Waals surface area contributed by atoms with Gasteiger partial charge in [0, 0.05) is 0 Å². The largest absolute Gasteiger partial charge is 0.493 e. The normalized spacial score (nSPS) is 14.4. The Balaban J connectivity index is 2.47. The fourth-order valence-electron chi connectivity index (χ4n) is 1.91. The molecule has 0 aliphatic carbocycles. The van der Waals surface area contributed by atoms with Crippen LogP contribution >= 0.6 is 0 Å². The fourth-order valence-corrected chi connectivity index (χ4v) is 1.91. The highest BCUT2D eigenvalue weighted by atomic mass is 16.5. The van der Waals surface area contributed by atoms with Crippen molar-refractivity contribution in [1.29, 1.82) is 0 Å². The van der Waals surface area contributed by atoms with Crippen molar-refractivity contribution in [3.05, 3.63) is 28.8 Å². The van der Waals surface area contributed by atoms with E-state index in [1.54, 1.807) is 19.1 Å². The minimum atomic E-state index is -0.828. The maximum atomic E-state index is 11.7. The van der Waals surface area contributed by atoms with Gasteiger partial charge in [-0.1, -0.05) is 0 Å². The van der Waals surface area contributed by atoms with Crippen LogP contribution < -0.4 is 20.1 Å². The van der Waals surface area contributed by atoms with Crippen molar-refractivity contribution < 1.29 is 23.9 Å². The summed E-state index contributed by atoms with van der Waals surface area (Å²) in [5, 5.41) is 4.03. The number of amides is 4. The highest BCUT2D eigenvalue weighted by Gasteiger charge is 2.27. The number of rotatable bonds is 3. The molecule has 21 heavy (non-hydrogen) atoms. The molecule has 2 rings (SSSR count). The minimum absolute atomic E-state index is 0.148. The zero-order valence-electron chi connectivity index (χ0n) is 11.8. The molecule has 0 radical (unpaired) electrons. The van der Waals surface area contributed by atoms with Crippen molar-refractivity contribution in [2.24, 2.45) is 0 Å². The number of aryl methyl sites for hydroxylation is 1. The Labute approximate surface area is 120 Å². The SMILES string of the molecule is COc1cc(C)c(C=C2C(=O)NC(=O)NC2=O)cc1OC. The molecule has 1 aliphatic heterocycles. The molecular weight excluding hydrogens is 276 g/mol. The van der Waals surface area contributed by atoms with Gasteiger partial charge in [0.25, 0.3) is 11.8 Å². The Hall–Kier alpha value is -2.83. The standard InChI is InChI=1S/C14H14N2O5/c1-7-4-10(20-2)11(21-3)6-8(7)5-9-12(17)15-14(19)16-13(9)18/h4-6H,1-3H3,(H2,15,16,17,18,19). The number of barbiturate groups is 1. The summed E-state index contributed by atoms with van der Waals surface area (Å²) in [5.74, 6) is -0.455. The molecule has 0 saturated carbocycles. The molecule has 7 heteroatoms.